The number of carboxylic acids is 3. The van der Waals surface area contributed by atoms with Crippen LogP contribution in [0.4, 0.5) is 13.2 Å². The van der Waals surface area contributed by atoms with E-state index in [2.05, 4.69) is 55.4 Å². The fourth-order valence-electron chi connectivity index (χ4n) is 4.69. The molecule has 1 aliphatic heterocycles. The molecule has 0 saturated heterocycles. The molecule has 286 valence electrons. The molecule has 0 bridgehead atoms. The zero-order valence-corrected chi connectivity index (χ0v) is 31.9. The minimum absolute atomic E-state index is 0. The minimum atomic E-state index is -4.53. The van der Waals surface area contributed by atoms with Gasteiger partial charge >= 0.3 is 43.6 Å². The molecule has 15 nitrogen and oxygen atoms in total. The van der Waals surface area contributed by atoms with Crippen molar-refractivity contribution in [2.75, 3.05) is 13.2 Å². The molecule has 6 aromatic heterocycles. The van der Waals surface area contributed by atoms with Gasteiger partial charge in [-0.3, -0.25) is 15.0 Å². The number of fused-ring (bicyclic) bond motifs is 1. The third-order valence-corrected chi connectivity index (χ3v) is 8.59. The molecule has 0 fully saturated rings. The van der Waals surface area contributed by atoms with Crippen molar-refractivity contribution in [1.29, 1.82) is 5.26 Å². The molecule has 0 aliphatic carbocycles. The van der Waals surface area contributed by atoms with Gasteiger partial charge in [-0.15, -0.1) is 24.0 Å². The summed E-state index contributed by atoms with van der Waals surface area (Å²) in [7, 11) is 0. The van der Waals surface area contributed by atoms with Gasteiger partial charge in [-0.2, -0.15) is 13.2 Å². The number of hydrogen-bond donors (Lipinski definition) is 4. The third-order valence-electron chi connectivity index (χ3n) is 7.11. The number of thiol groups is 1. The van der Waals surface area contributed by atoms with Gasteiger partial charge < -0.3 is 47.6 Å². The number of rotatable bonds is 7. The maximum atomic E-state index is 12.6. The molecule has 0 unspecified atom stereocenters. The van der Waals surface area contributed by atoms with Crippen LogP contribution in [0.3, 0.4) is 0 Å². The number of nitrogens with zero attached hydrogens (tertiary/aromatic N) is 7. The number of pyridine rings is 4. The predicted molar refractivity (Wildman–Crippen MR) is 192 cm³/mol. The van der Waals surface area contributed by atoms with Gasteiger partial charge in [-0.05, 0) is 54.6 Å². The Balaban J connectivity index is 0.000000229. The van der Waals surface area contributed by atoms with Gasteiger partial charge in [0.1, 0.15) is 23.1 Å². The van der Waals surface area contributed by atoms with E-state index >= 15 is 0 Å². The molecular formula is C34H20F3N7O8RuS3. The normalized spacial score (nSPS) is 11.3. The van der Waals surface area contributed by atoms with Crippen molar-refractivity contribution in [3.63, 3.8) is 0 Å². The Morgan fingerprint density at radius 1 is 0.804 bits per heavy atom. The van der Waals surface area contributed by atoms with Crippen LogP contribution >= 0.6 is 24.0 Å². The predicted octanol–water partition coefficient (Wildman–Crippen LogP) is 6.22. The largest absolute Gasteiger partial charge is 2.00 e. The first-order chi connectivity index (χ1) is 26.2. The Bertz CT molecular complexity index is 2370. The Hall–Kier alpha value is -6.01. The summed E-state index contributed by atoms with van der Waals surface area (Å²) in [5.74, 6) is -2.34. The molecule has 56 heavy (non-hydrogen) atoms. The van der Waals surface area contributed by atoms with E-state index < -0.39 is 29.8 Å². The van der Waals surface area contributed by atoms with Gasteiger partial charge in [0.15, 0.2) is 11.5 Å². The molecule has 6 aromatic rings. The molecule has 0 radical (unpaired) electrons. The van der Waals surface area contributed by atoms with E-state index in [0.717, 1.165) is 16.5 Å². The quantitative estimate of drug-likeness (QED) is 0.0603. The van der Waals surface area contributed by atoms with E-state index in [1.54, 1.807) is 18.3 Å². The van der Waals surface area contributed by atoms with Crippen LogP contribution in [0.2, 0.25) is 0 Å². The number of ether oxygens (including phenoxy) is 2. The van der Waals surface area contributed by atoms with Crippen molar-refractivity contribution in [2.45, 2.75) is 10.4 Å². The number of thiocyanates is 1. The van der Waals surface area contributed by atoms with E-state index in [0.29, 0.717) is 34.6 Å². The van der Waals surface area contributed by atoms with Crippen LogP contribution in [-0.2, 0) is 38.3 Å². The first-order valence-corrected chi connectivity index (χ1v) is 16.7. The van der Waals surface area contributed by atoms with Crippen LogP contribution in [0.5, 0.6) is 11.5 Å². The molecule has 0 aromatic carbocycles. The molecule has 3 N–H and O–H groups in total. The van der Waals surface area contributed by atoms with Gasteiger partial charge in [0, 0.05) is 29.8 Å². The third kappa shape index (κ3) is 10.2. The Morgan fingerprint density at radius 3 is 1.79 bits per heavy atom. The van der Waals surface area contributed by atoms with Crippen LogP contribution < -0.4 is 14.6 Å². The van der Waals surface area contributed by atoms with Crippen molar-refractivity contribution < 1.29 is 71.8 Å². The molecule has 0 amide bonds. The van der Waals surface area contributed by atoms with Crippen LogP contribution in [0.25, 0.3) is 44.6 Å². The van der Waals surface area contributed by atoms with Crippen LogP contribution in [0, 0.1) is 10.7 Å². The minimum Gasteiger partial charge on any atom is -0.696 e. The SMILES string of the molecule is FC(F)(F)c1cc(-c2ccc(-c3sc(S)c4c3OCCO4)cn2)[n-]n1.N#C[S-].O=C(O)c1ccnc(-c2cc(C(=O)O)cc(-c3cc(C(=O)O)ccn3)n2)c1.[Ru+2]. The standard InChI is InChI=1S/C18H11N3O6.C15H9F3N3O2S2.CHNS.Ru/c22-16(23)9-1-3-19-12(5-9)14-7-11(18(26)27)8-15(21-14)13-6-10(17(24)25)2-4-20-13;16-15(17,18)10-5-9(20-21-10)8-2-1-7(6-19-8)13-11-12(14(24)25-13)23-4-3-22-11;2-1-3;/h1-8H,(H,22,23)(H,24,25)(H,26,27);1-2,5-6H,3-4H2,(H-,19,20,21,24);3H;/q;-1;;+2/p-1. The van der Waals surface area contributed by atoms with Crippen molar-refractivity contribution in [3.05, 3.63) is 95.6 Å². The summed E-state index contributed by atoms with van der Waals surface area (Å²) < 4.78 is 49.7. The summed E-state index contributed by atoms with van der Waals surface area (Å²) in [5.41, 5.74) is 0.470. The molecule has 0 saturated carbocycles. The van der Waals surface area contributed by atoms with Gasteiger partial charge in [-0.25, -0.2) is 24.6 Å². The van der Waals surface area contributed by atoms with E-state index in [1.807, 2.05) is 0 Å². The summed E-state index contributed by atoms with van der Waals surface area (Å²) in [6, 6.07) is 11.8. The monoisotopic (exact) mass is 909 g/mol. The van der Waals surface area contributed by atoms with Gasteiger partial charge in [0.2, 0.25) is 0 Å². The number of hydrogen-bond acceptors (Lipinski definition) is 14. The van der Waals surface area contributed by atoms with Crippen LogP contribution in [-0.4, -0.2) is 71.5 Å². The van der Waals surface area contributed by atoms with E-state index in [1.165, 1.54) is 65.5 Å². The van der Waals surface area contributed by atoms with Gasteiger partial charge in [0.05, 0.1) is 44.3 Å². The van der Waals surface area contributed by atoms with E-state index in [-0.39, 0.29) is 64.6 Å². The number of carboxylic acid groups (broad SMARTS) is 3. The fourth-order valence-corrected chi connectivity index (χ4v) is 6.05. The van der Waals surface area contributed by atoms with Gasteiger partial charge in [0.25, 0.3) is 0 Å². The number of nitriles is 1. The second-order valence-corrected chi connectivity index (χ2v) is 12.6. The average Bonchev–Trinajstić information content (AvgIpc) is 3.81. The summed E-state index contributed by atoms with van der Waals surface area (Å²) >= 11 is 9.47. The Labute approximate surface area is 340 Å². The molecule has 7 heterocycles. The number of aromatic carboxylic acids is 3. The average molecular weight is 909 g/mol. The molecule has 1 aliphatic rings. The number of halogens is 3. The summed E-state index contributed by atoms with van der Waals surface area (Å²) in [5, 5.41) is 42.7. The number of thiophene rings is 1. The topological polar surface area (TPSA) is 233 Å². The Kier molecular flexibility index (Phi) is 14.2. The second-order valence-electron chi connectivity index (χ2n) is 10.6. The van der Waals surface area contributed by atoms with Crippen LogP contribution in [0.1, 0.15) is 36.8 Å². The molecule has 22 heteroatoms. The van der Waals surface area contributed by atoms with Gasteiger partial charge in [-0.1, -0.05) is 11.1 Å². The van der Waals surface area contributed by atoms with E-state index in [4.69, 9.17) is 24.9 Å². The van der Waals surface area contributed by atoms with E-state index in [9.17, 15) is 32.7 Å². The fraction of sp³-hybridized carbons (Fsp3) is 0.0882. The first-order valence-electron chi connectivity index (χ1n) is 15.0. The summed E-state index contributed by atoms with van der Waals surface area (Å²) in [6.07, 6.45) is -0.427. The smallest absolute Gasteiger partial charge is 0.696 e. The van der Waals surface area contributed by atoms with Crippen molar-refractivity contribution >= 4 is 54.5 Å². The zero-order chi connectivity index (χ0) is 39.9. The van der Waals surface area contributed by atoms with Crippen molar-refractivity contribution in [1.82, 2.24) is 30.1 Å². The van der Waals surface area contributed by atoms with Crippen molar-refractivity contribution in [2.24, 2.45) is 0 Å². The number of aromatic nitrogens is 6. The maximum Gasteiger partial charge on any atom is 2.00 e. The number of alkyl halides is 3. The molecule has 7 rings (SSSR count). The zero-order valence-electron chi connectivity index (χ0n) is 27.6. The molecular weight excluding hydrogens is 889 g/mol. The van der Waals surface area contributed by atoms with Crippen molar-refractivity contribution in [3.8, 4) is 61.5 Å². The van der Waals surface area contributed by atoms with Crippen LogP contribution in [0.15, 0.2) is 77.4 Å². The second kappa shape index (κ2) is 18.6. The summed E-state index contributed by atoms with van der Waals surface area (Å²) in [4.78, 5) is 51.1. The first kappa shape index (κ1) is 42.7. The molecule has 0 atom stereocenters. The Morgan fingerprint density at radius 2 is 1.32 bits per heavy atom. The number of carbonyl (C=O) groups is 3. The summed E-state index contributed by atoms with van der Waals surface area (Å²) in [6.45, 7) is 0.907. The molecule has 0 spiro atoms. The maximum absolute atomic E-state index is 12.6.